The van der Waals surface area contributed by atoms with Crippen LogP contribution in [0.15, 0.2) is 41.2 Å². The molecule has 3 aromatic rings. The molecule has 0 unspecified atom stereocenters. The summed E-state index contributed by atoms with van der Waals surface area (Å²) in [4.78, 5) is 2.24. The second-order valence-electron chi connectivity index (χ2n) is 5.25. The topological polar surface area (TPSA) is 62.9 Å². The minimum Gasteiger partial charge on any atom is -0.458 e. The van der Waals surface area contributed by atoms with Crippen molar-refractivity contribution in [3.05, 3.63) is 48.1 Å². The van der Waals surface area contributed by atoms with Crippen LogP contribution in [0.4, 0.5) is 0 Å². The molecule has 6 heteroatoms. The lowest BCUT2D eigenvalue weighted by Crippen LogP contribution is -2.20. The molecule has 0 aliphatic rings. The second kappa shape index (κ2) is 5.97. The van der Waals surface area contributed by atoms with Crippen LogP contribution in [0.3, 0.4) is 0 Å². The smallest absolute Gasteiger partial charge is 0.152 e. The molecule has 0 amide bonds. The van der Waals surface area contributed by atoms with Crippen LogP contribution in [0, 0.1) is 0 Å². The summed E-state index contributed by atoms with van der Waals surface area (Å²) in [7, 11) is 4.03. The molecule has 3 heterocycles. The molecule has 21 heavy (non-hydrogen) atoms. The summed E-state index contributed by atoms with van der Waals surface area (Å²) in [6.07, 6.45) is 6.67. The monoisotopic (exact) mass is 285 g/mol. The maximum atomic E-state index is 5.83. The summed E-state index contributed by atoms with van der Waals surface area (Å²) < 4.78 is 7.66. The Morgan fingerprint density at radius 2 is 2.24 bits per heavy atom. The van der Waals surface area contributed by atoms with Crippen molar-refractivity contribution in [2.75, 3.05) is 13.6 Å². The maximum Gasteiger partial charge on any atom is 0.152 e. The highest BCUT2D eigenvalue weighted by Gasteiger charge is 2.08. The fourth-order valence-corrected chi connectivity index (χ4v) is 2.27. The first-order chi connectivity index (χ1) is 10.2. The molecular weight excluding hydrogens is 266 g/mol. The number of furan rings is 1. The molecule has 0 saturated heterocycles. The molecule has 3 rings (SSSR count). The number of nitrogens with zero attached hydrogens (tertiary/aromatic N) is 4. The van der Waals surface area contributed by atoms with Crippen molar-refractivity contribution in [3.63, 3.8) is 0 Å². The van der Waals surface area contributed by atoms with E-state index in [0.717, 1.165) is 36.7 Å². The Bertz CT molecular complexity index is 683. The van der Waals surface area contributed by atoms with Gasteiger partial charge in [0.15, 0.2) is 5.76 Å². The van der Waals surface area contributed by atoms with Crippen LogP contribution in [-0.2, 0) is 20.0 Å². The third-order valence-corrected chi connectivity index (χ3v) is 3.39. The van der Waals surface area contributed by atoms with Gasteiger partial charge in [0.2, 0.25) is 0 Å². The van der Waals surface area contributed by atoms with Gasteiger partial charge >= 0.3 is 0 Å². The van der Waals surface area contributed by atoms with E-state index in [-0.39, 0.29) is 0 Å². The lowest BCUT2D eigenvalue weighted by atomic mass is 10.2. The lowest BCUT2D eigenvalue weighted by molar-refractivity contribution is 0.300. The SMILES string of the molecule is CN(CCc1cnn(C)c1)Cc1ccc(-c2ccn[nH]2)o1. The van der Waals surface area contributed by atoms with Crippen molar-refractivity contribution < 1.29 is 4.42 Å². The van der Waals surface area contributed by atoms with Crippen molar-refractivity contribution in [2.45, 2.75) is 13.0 Å². The molecule has 0 saturated carbocycles. The van der Waals surface area contributed by atoms with Gasteiger partial charge in [0.25, 0.3) is 0 Å². The summed E-state index contributed by atoms with van der Waals surface area (Å²) in [6.45, 7) is 1.75. The molecule has 0 bridgehead atoms. The van der Waals surface area contributed by atoms with E-state index < -0.39 is 0 Å². The van der Waals surface area contributed by atoms with E-state index in [4.69, 9.17) is 4.42 Å². The standard InChI is InChI=1S/C15H19N5O/c1-19(8-6-12-9-17-20(2)10-12)11-13-3-4-15(21-13)14-5-7-16-18-14/h3-5,7,9-10H,6,8,11H2,1-2H3,(H,16,18). The van der Waals surface area contributed by atoms with Crippen LogP contribution in [0.5, 0.6) is 0 Å². The molecule has 0 radical (unpaired) electrons. The van der Waals surface area contributed by atoms with Crippen molar-refractivity contribution in [1.29, 1.82) is 0 Å². The molecule has 0 aliphatic carbocycles. The normalized spacial score (nSPS) is 11.4. The van der Waals surface area contributed by atoms with Crippen LogP contribution in [-0.4, -0.2) is 38.5 Å². The van der Waals surface area contributed by atoms with Gasteiger partial charge in [-0.2, -0.15) is 10.2 Å². The minimum atomic E-state index is 0.786. The van der Waals surface area contributed by atoms with Gasteiger partial charge < -0.3 is 4.42 Å². The highest BCUT2D eigenvalue weighted by Crippen LogP contribution is 2.20. The van der Waals surface area contributed by atoms with E-state index in [1.807, 2.05) is 36.1 Å². The zero-order valence-electron chi connectivity index (χ0n) is 12.3. The molecule has 110 valence electrons. The Labute approximate surface area is 123 Å². The predicted molar refractivity (Wildman–Crippen MR) is 79.5 cm³/mol. The molecule has 0 aliphatic heterocycles. The Kier molecular flexibility index (Phi) is 3.87. The fourth-order valence-electron chi connectivity index (χ4n) is 2.27. The molecule has 0 atom stereocenters. The highest BCUT2D eigenvalue weighted by atomic mass is 16.3. The molecule has 3 aromatic heterocycles. The van der Waals surface area contributed by atoms with Crippen molar-refractivity contribution in [2.24, 2.45) is 7.05 Å². The number of H-pyrrole nitrogens is 1. The molecule has 6 nitrogen and oxygen atoms in total. The van der Waals surface area contributed by atoms with E-state index >= 15 is 0 Å². The molecule has 0 fully saturated rings. The Balaban J connectivity index is 1.54. The maximum absolute atomic E-state index is 5.83. The van der Waals surface area contributed by atoms with Gasteiger partial charge in [0.1, 0.15) is 11.5 Å². The summed E-state index contributed by atoms with van der Waals surface area (Å²) in [5, 5.41) is 11.0. The number of aryl methyl sites for hydroxylation is 1. The van der Waals surface area contributed by atoms with E-state index in [9.17, 15) is 0 Å². The van der Waals surface area contributed by atoms with Gasteiger partial charge in [-0.25, -0.2) is 0 Å². The zero-order chi connectivity index (χ0) is 14.7. The number of hydrogen-bond donors (Lipinski definition) is 1. The van der Waals surface area contributed by atoms with Crippen LogP contribution in [0.25, 0.3) is 11.5 Å². The number of aromatic nitrogens is 4. The van der Waals surface area contributed by atoms with E-state index in [0.29, 0.717) is 0 Å². The van der Waals surface area contributed by atoms with Gasteiger partial charge in [0.05, 0.1) is 12.7 Å². The number of rotatable bonds is 6. The second-order valence-corrected chi connectivity index (χ2v) is 5.25. The van der Waals surface area contributed by atoms with Crippen LogP contribution in [0.1, 0.15) is 11.3 Å². The number of likely N-dealkylation sites (N-methyl/N-ethyl adjacent to an activating group) is 1. The minimum absolute atomic E-state index is 0.786. The van der Waals surface area contributed by atoms with Gasteiger partial charge in [0, 0.05) is 26.0 Å². The third kappa shape index (κ3) is 3.41. The Hall–Kier alpha value is -2.34. The molecular formula is C15H19N5O. The van der Waals surface area contributed by atoms with Gasteiger partial charge in [-0.15, -0.1) is 0 Å². The largest absolute Gasteiger partial charge is 0.458 e. The zero-order valence-corrected chi connectivity index (χ0v) is 12.3. The van der Waals surface area contributed by atoms with E-state index in [2.05, 4.69) is 33.4 Å². The van der Waals surface area contributed by atoms with Crippen LogP contribution in [0.2, 0.25) is 0 Å². The predicted octanol–water partition coefficient (Wildman–Crippen LogP) is 2.08. The third-order valence-electron chi connectivity index (χ3n) is 3.39. The average molecular weight is 285 g/mol. The molecule has 0 spiro atoms. The number of hydrogen-bond acceptors (Lipinski definition) is 4. The lowest BCUT2D eigenvalue weighted by Gasteiger charge is -2.14. The Morgan fingerprint density at radius 3 is 2.95 bits per heavy atom. The molecule has 0 aromatic carbocycles. The summed E-state index contributed by atoms with van der Waals surface area (Å²) in [5.74, 6) is 1.77. The first kappa shape index (κ1) is 13.6. The van der Waals surface area contributed by atoms with Gasteiger partial charge in [-0.05, 0) is 37.2 Å². The summed E-state index contributed by atoms with van der Waals surface area (Å²) >= 11 is 0. The highest BCUT2D eigenvalue weighted by molar-refractivity contribution is 5.51. The molecule has 1 N–H and O–H groups in total. The quantitative estimate of drug-likeness (QED) is 0.753. The van der Waals surface area contributed by atoms with Gasteiger partial charge in [-0.3, -0.25) is 14.7 Å². The summed E-state index contributed by atoms with van der Waals surface area (Å²) in [5.41, 5.74) is 2.15. The number of aromatic amines is 1. The first-order valence-electron chi connectivity index (χ1n) is 6.95. The average Bonchev–Trinajstić information content (AvgIpc) is 3.16. The first-order valence-corrected chi connectivity index (χ1v) is 6.95. The van der Waals surface area contributed by atoms with Crippen LogP contribution < -0.4 is 0 Å². The van der Waals surface area contributed by atoms with Crippen molar-refractivity contribution in [3.8, 4) is 11.5 Å². The van der Waals surface area contributed by atoms with E-state index in [1.54, 1.807) is 6.20 Å². The summed E-state index contributed by atoms with van der Waals surface area (Å²) in [6, 6.07) is 5.88. The Morgan fingerprint density at radius 1 is 1.33 bits per heavy atom. The van der Waals surface area contributed by atoms with Crippen molar-refractivity contribution in [1.82, 2.24) is 24.9 Å². The van der Waals surface area contributed by atoms with Crippen LogP contribution >= 0.6 is 0 Å². The fraction of sp³-hybridized carbons (Fsp3) is 0.333. The van der Waals surface area contributed by atoms with Gasteiger partial charge in [-0.1, -0.05) is 0 Å². The number of nitrogens with one attached hydrogen (secondary N) is 1. The van der Waals surface area contributed by atoms with Crippen molar-refractivity contribution >= 4 is 0 Å². The van der Waals surface area contributed by atoms with E-state index in [1.165, 1.54) is 5.56 Å².